The van der Waals surface area contributed by atoms with E-state index in [1.807, 2.05) is 6.92 Å². The molecule has 0 amide bonds. The van der Waals surface area contributed by atoms with Gasteiger partial charge in [-0.2, -0.15) is 4.98 Å². The largest absolute Gasteiger partial charge is 0.369 e. The third-order valence-electron chi connectivity index (χ3n) is 1.91. The van der Waals surface area contributed by atoms with Crippen molar-refractivity contribution in [3.63, 3.8) is 0 Å². The lowest BCUT2D eigenvalue weighted by Crippen LogP contribution is -2.13. The number of anilines is 1. The highest BCUT2D eigenvalue weighted by Gasteiger charge is 2.14. The van der Waals surface area contributed by atoms with Gasteiger partial charge >= 0.3 is 5.69 Å². The summed E-state index contributed by atoms with van der Waals surface area (Å²) in [6.07, 6.45) is 0.963. The second-order valence-electron chi connectivity index (χ2n) is 2.67. The van der Waals surface area contributed by atoms with Gasteiger partial charge in [0.25, 0.3) is 0 Å². The molecule has 2 N–H and O–H groups in total. The molecule has 0 spiro atoms. The molecule has 1 aromatic heterocycles. The van der Waals surface area contributed by atoms with Crippen LogP contribution in [0.15, 0.2) is 4.79 Å². The predicted molar refractivity (Wildman–Crippen MR) is 41.8 cm³/mol. The molecule has 0 fully saturated rings. The van der Waals surface area contributed by atoms with Crippen molar-refractivity contribution in [2.24, 2.45) is 0 Å². The van der Waals surface area contributed by atoms with Crippen molar-refractivity contribution in [1.82, 2.24) is 9.97 Å². The van der Waals surface area contributed by atoms with Crippen LogP contribution in [0, 0.1) is 6.92 Å². The summed E-state index contributed by atoms with van der Waals surface area (Å²) in [7, 11) is 0. The van der Waals surface area contributed by atoms with Crippen LogP contribution in [0.4, 0.5) is 5.82 Å². The Kier molecular flexibility index (Phi) is 1.21. The number of nitrogens with one attached hydrogen (secondary N) is 2. The van der Waals surface area contributed by atoms with E-state index in [0.717, 1.165) is 30.0 Å². The predicted octanol–water partition coefficient (Wildman–Crippen LogP) is 0.0463. The average molecular weight is 151 g/mol. The summed E-state index contributed by atoms with van der Waals surface area (Å²) < 4.78 is 0. The Morgan fingerprint density at radius 3 is 3.18 bits per heavy atom. The molecule has 0 aromatic carbocycles. The molecule has 1 aromatic rings. The molecule has 1 aliphatic heterocycles. The Labute approximate surface area is 63.7 Å². The van der Waals surface area contributed by atoms with Crippen molar-refractivity contribution in [3.8, 4) is 0 Å². The van der Waals surface area contributed by atoms with E-state index in [9.17, 15) is 4.79 Å². The number of aromatic amines is 1. The topological polar surface area (TPSA) is 57.8 Å². The highest BCUT2D eigenvalue weighted by atomic mass is 16.1. The van der Waals surface area contributed by atoms with Crippen LogP contribution < -0.4 is 11.0 Å². The lowest BCUT2D eigenvalue weighted by molar-refractivity contribution is 0.997. The van der Waals surface area contributed by atoms with Crippen LogP contribution in [0.1, 0.15) is 11.3 Å². The van der Waals surface area contributed by atoms with E-state index >= 15 is 0 Å². The maximum absolute atomic E-state index is 10.8. The van der Waals surface area contributed by atoms with E-state index in [1.165, 1.54) is 0 Å². The molecule has 0 bridgehead atoms. The van der Waals surface area contributed by atoms with E-state index < -0.39 is 0 Å². The number of aromatic nitrogens is 2. The molecule has 2 heterocycles. The first kappa shape index (κ1) is 6.39. The summed E-state index contributed by atoms with van der Waals surface area (Å²) >= 11 is 0. The summed E-state index contributed by atoms with van der Waals surface area (Å²) in [5.41, 5.74) is 1.81. The molecule has 0 atom stereocenters. The lowest BCUT2D eigenvalue weighted by atomic mass is 10.2. The molecule has 0 saturated carbocycles. The van der Waals surface area contributed by atoms with Crippen molar-refractivity contribution in [1.29, 1.82) is 0 Å². The molecule has 0 saturated heterocycles. The number of fused-ring (bicyclic) bond motifs is 1. The molecule has 1 aliphatic rings. The van der Waals surface area contributed by atoms with Crippen LogP contribution in [-0.4, -0.2) is 16.5 Å². The fourth-order valence-electron chi connectivity index (χ4n) is 1.37. The minimum atomic E-state index is -0.268. The second-order valence-corrected chi connectivity index (χ2v) is 2.67. The zero-order chi connectivity index (χ0) is 7.84. The molecule has 4 heteroatoms. The van der Waals surface area contributed by atoms with Crippen LogP contribution in [-0.2, 0) is 6.42 Å². The standard InChI is InChI=1S/C7H9N3O/c1-4-5-2-3-8-6(5)10-7(11)9-4/h2-3H2,1H3,(H2,8,9,10,11). The van der Waals surface area contributed by atoms with Crippen molar-refractivity contribution in [3.05, 3.63) is 21.7 Å². The maximum atomic E-state index is 10.8. The quantitative estimate of drug-likeness (QED) is 0.550. The Hall–Kier alpha value is -1.32. The zero-order valence-electron chi connectivity index (χ0n) is 6.27. The van der Waals surface area contributed by atoms with Gasteiger partial charge < -0.3 is 10.3 Å². The monoisotopic (exact) mass is 151 g/mol. The zero-order valence-corrected chi connectivity index (χ0v) is 6.27. The maximum Gasteiger partial charge on any atom is 0.347 e. The summed E-state index contributed by atoms with van der Waals surface area (Å²) in [5, 5.41) is 3.05. The third kappa shape index (κ3) is 0.906. The van der Waals surface area contributed by atoms with E-state index in [-0.39, 0.29) is 5.69 Å². The molecule has 58 valence electrons. The summed E-state index contributed by atoms with van der Waals surface area (Å²) in [6.45, 7) is 2.79. The fourth-order valence-corrected chi connectivity index (χ4v) is 1.37. The van der Waals surface area contributed by atoms with Gasteiger partial charge in [-0.1, -0.05) is 0 Å². The molecule has 11 heavy (non-hydrogen) atoms. The van der Waals surface area contributed by atoms with Gasteiger partial charge in [0.15, 0.2) is 0 Å². The van der Waals surface area contributed by atoms with Gasteiger partial charge in [-0.3, -0.25) is 0 Å². The number of nitrogens with zero attached hydrogens (tertiary/aromatic N) is 1. The second kappa shape index (κ2) is 2.08. The van der Waals surface area contributed by atoms with Crippen molar-refractivity contribution >= 4 is 5.82 Å². The van der Waals surface area contributed by atoms with Gasteiger partial charge in [0.1, 0.15) is 5.82 Å². The SMILES string of the molecule is Cc1[nH]c(=O)nc2c1CCN2. The minimum absolute atomic E-state index is 0.268. The Morgan fingerprint density at radius 1 is 1.55 bits per heavy atom. The summed E-state index contributed by atoms with van der Waals surface area (Å²) in [4.78, 5) is 17.3. The third-order valence-corrected chi connectivity index (χ3v) is 1.91. The number of aryl methyl sites for hydroxylation is 1. The first-order chi connectivity index (χ1) is 5.27. The van der Waals surface area contributed by atoms with Crippen LogP contribution in [0.5, 0.6) is 0 Å². The smallest absolute Gasteiger partial charge is 0.347 e. The molecule has 4 nitrogen and oxygen atoms in total. The van der Waals surface area contributed by atoms with Gasteiger partial charge in [0, 0.05) is 17.8 Å². The Balaban J connectivity index is 2.70. The summed E-state index contributed by atoms with van der Waals surface area (Å²) in [5.74, 6) is 0.756. The Bertz CT molecular complexity index is 342. The van der Waals surface area contributed by atoms with E-state index in [1.54, 1.807) is 0 Å². The van der Waals surface area contributed by atoms with Crippen LogP contribution >= 0.6 is 0 Å². The fraction of sp³-hybridized carbons (Fsp3) is 0.429. The van der Waals surface area contributed by atoms with Crippen LogP contribution in [0.3, 0.4) is 0 Å². The van der Waals surface area contributed by atoms with Crippen molar-refractivity contribution < 1.29 is 0 Å². The average Bonchev–Trinajstić information content (AvgIpc) is 2.34. The molecule has 0 radical (unpaired) electrons. The van der Waals surface area contributed by atoms with E-state index in [0.29, 0.717) is 0 Å². The summed E-state index contributed by atoms with van der Waals surface area (Å²) in [6, 6.07) is 0. The first-order valence-corrected chi connectivity index (χ1v) is 3.61. The Morgan fingerprint density at radius 2 is 2.36 bits per heavy atom. The highest BCUT2D eigenvalue weighted by molar-refractivity contribution is 5.49. The number of H-pyrrole nitrogens is 1. The van der Waals surface area contributed by atoms with Crippen LogP contribution in [0.2, 0.25) is 0 Å². The molecule has 2 rings (SSSR count). The molecular formula is C7H9N3O. The van der Waals surface area contributed by atoms with Crippen molar-refractivity contribution in [2.45, 2.75) is 13.3 Å². The van der Waals surface area contributed by atoms with Gasteiger partial charge in [-0.25, -0.2) is 4.79 Å². The molecular weight excluding hydrogens is 142 g/mol. The lowest BCUT2D eigenvalue weighted by Gasteiger charge is -1.99. The normalized spacial score (nSPS) is 14.3. The first-order valence-electron chi connectivity index (χ1n) is 3.61. The van der Waals surface area contributed by atoms with E-state index in [2.05, 4.69) is 15.3 Å². The highest BCUT2D eigenvalue weighted by Crippen LogP contribution is 2.18. The van der Waals surface area contributed by atoms with Gasteiger partial charge in [-0.15, -0.1) is 0 Å². The molecule has 0 aliphatic carbocycles. The van der Waals surface area contributed by atoms with Gasteiger partial charge in [-0.05, 0) is 13.3 Å². The number of rotatable bonds is 0. The van der Waals surface area contributed by atoms with Gasteiger partial charge in [0.2, 0.25) is 0 Å². The van der Waals surface area contributed by atoms with Crippen molar-refractivity contribution in [2.75, 3.05) is 11.9 Å². The number of hydrogen-bond acceptors (Lipinski definition) is 3. The molecule has 0 unspecified atom stereocenters. The van der Waals surface area contributed by atoms with Gasteiger partial charge in [0.05, 0.1) is 0 Å². The van der Waals surface area contributed by atoms with Crippen LogP contribution in [0.25, 0.3) is 0 Å². The number of hydrogen-bond donors (Lipinski definition) is 2. The minimum Gasteiger partial charge on any atom is -0.369 e. The van der Waals surface area contributed by atoms with E-state index in [4.69, 9.17) is 0 Å².